The maximum Gasteiger partial charge on any atom is 0.0801 e. The highest BCUT2D eigenvalue weighted by atomic mass is 32.1. The lowest BCUT2D eigenvalue weighted by atomic mass is 10.0. The van der Waals surface area contributed by atoms with E-state index < -0.39 is 0 Å². The third-order valence-electron chi connectivity index (χ3n) is 3.03. The Kier molecular flexibility index (Phi) is 4.32. The average molecular weight is 245 g/mol. The number of hydrogen-bond acceptors (Lipinski definition) is 2. The first-order valence-electron chi connectivity index (χ1n) is 6.30. The Morgan fingerprint density at radius 2 is 1.88 bits per heavy atom. The molecule has 17 heavy (non-hydrogen) atoms. The predicted octanol–water partition coefficient (Wildman–Crippen LogP) is 4.85. The van der Waals surface area contributed by atoms with E-state index in [1.54, 1.807) is 11.3 Å². The van der Waals surface area contributed by atoms with E-state index in [1.165, 1.54) is 41.7 Å². The molecule has 2 heteroatoms. The molecule has 0 saturated carbocycles. The van der Waals surface area contributed by atoms with Gasteiger partial charge in [-0.1, -0.05) is 44.0 Å². The fourth-order valence-corrected chi connectivity index (χ4v) is 2.79. The highest BCUT2D eigenvalue weighted by molar-refractivity contribution is 7.13. The number of nitrogens with zero attached hydrogens (tertiary/aromatic N) is 1. The van der Waals surface area contributed by atoms with E-state index in [-0.39, 0.29) is 0 Å². The minimum Gasteiger partial charge on any atom is -0.249 e. The molecule has 90 valence electrons. The van der Waals surface area contributed by atoms with Gasteiger partial charge in [0.2, 0.25) is 0 Å². The number of benzene rings is 1. The highest BCUT2D eigenvalue weighted by Gasteiger charge is 2.04. The van der Waals surface area contributed by atoms with Crippen molar-refractivity contribution in [3.8, 4) is 10.4 Å². The van der Waals surface area contributed by atoms with Crippen molar-refractivity contribution in [3.63, 3.8) is 0 Å². The van der Waals surface area contributed by atoms with Crippen LogP contribution in [0.25, 0.3) is 10.4 Å². The summed E-state index contributed by atoms with van der Waals surface area (Å²) in [6.07, 6.45) is 5.12. The Balaban J connectivity index is 2.06. The molecule has 1 aromatic carbocycles. The highest BCUT2D eigenvalue weighted by Crippen LogP contribution is 2.27. The molecule has 0 aliphatic rings. The van der Waals surface area contributed by atoms with E-state index >= 15 is 0 Å². The minimum atomic E-state index is 1.13. The third-order valence-corrected chi connectivity index (χ3v) is 4.01. The zero-order chi connectivity index (χ0) is 12.1. The predicted molar refractivity (Wildman–Crippen MR) is 75.5 cm³/mol. The molecule has 0 saturated heterocycles. The molecule has 0 spiro atoms. The molecule has 0 atom stereocenters. The fourth-order valence-electron chi connectivity index (χ4n) is 1.98. The van der Waals surface area contributed by atoms with Crippen LogP contribution in [0.5, 0.6) is 0 Å². The van der Waals surface area contributed by atoms with Gasteiger partial charge >= 0.3 is 0 Å². The first-order chi connectivity index (χ1) is 8.31. The summed E-state index contributed by atoms with van der Waals surface area (Å²) in [6, 6.07) is 8.96. The van der Waals surface area contributed by atoms with E-state index in [1.807, 2.05) is 5.51 Å². The van der Waals surface area contributed by atoms with Crippen molar-refractivity contribution in [2.45, 2.75) is 39.5 Å². The standard InChI is InChI=1S/C15H19NS/c1-3-4-5-6-13-7-9-14(10-8-13)15-12(2)16-11-17-15/h7-11H,3-6H2,1-2H3. The van der Waals surface area contributed by atoms with E-state index in [0.717, 1.165) is 5.69 Å². The monoisotopic (exact) mass is 245 g/mol. The summed E-state index contributed by atoms with van der Waals surface area (Å²) in [4.78, 5) is 5.59. The second-order valence-corrected chi connectivity index (χ2v) is 5.28. The van der Waals surface area contributed by atoms with Crippen LogP contribution in [0.3, 0.4) is 0 Å². The molecule has 0 fully saturated rings. The van der Waals surface area contributed by atoms with Gasteiger partial charge < -0.3 is 0 Å². The molecule has 0 N–H and O–H groups in total. The fraction of sp³-hybridized carbons (Fsp3) is 0.400. The zero-order valence-electron chi connectivity index (χ0n) is 10.6. The summed E-state index contributed by atoms with van der Waals surface area (Å²) < 4.78 is 0. The number of thiazole rings is 1. The summed E-state index contributed by atoms with van der Waals surface area (Å²) >= 11 is 1.72. The largest absolute Gasteiger partial charge is 0.249 e. The van der Waals surface area contributed by atoms with Crippen molar-refractivity contribution >= 4 is 11.3 Å². The van der Waals surface area contributed by atoms with Crippen LogP contribution < -0.4 is 0 Å². The van der Waals surface area contributed by atoms with E-state index in [0.29, 0.717) is 0 Å². The van der Waals surface area contributed by atoms with Crippen molar-refractivity contribution in [2.75, 3.05) is 0 Å². The van der Waals surface area contributed by atoms with Gasteiger partial charge in [0.1, 0.15) is 0 Å². The lowest BCUT2D eigenvalue weighted by Crippen LogP contribution is -1.85. The second-order valence-electron chi connectivity index (χ2n) is 4.42. The third kappa shape index (κ3) is 3.16. The normalized spacial score (nSPS) is 10.7. The molecule has 0 aliphatic carbocycles. The first-order valence-corrected chi connectivity index (χ1v) is 7.18. The average Bonchev–Trinajstić information content (AvgIpc) is 2.77. The molecule has 0 radical (unpaired) electrons. The van der Waals surface area contributed by atoms with Crippen LogP contribution in [0.2, 0.25) is 0 Å². The lowest BCUT2D eigenvalue weighted by Gasteiger charge is -2.03. The zero-order valence-corrected chi connectivity index (χ0v) is 11.4. The van der Waals surface area contributed by atoms with Crippen LogP contribution in [0.1, 0.15) is 37.4 Å². The Labute approximate surface area is 108 Å². The number of rotatable bonds is 5. The SMILES string of the molecule is CCCCCc1ccc(-c2scnc2C)cc1. The van der Waals surface area contributed by atoms with Crippen molar-refractivity contribution in [1.82, 2.24) is 4.98 Å². The lowest BCUT2D eigenvalue weighted by molar-refractivity contribution is 0.717. The van der Waals surface area contributed by atoms with Gasteiger partial charge in [-0.05, 0) is 30.9 Å². The molecular formula is C15H19NS. The number of aromatic nitrogens is 1. The van der Waals surface area contributed by atoms with E-state index in [2.05, 4.69) is 43.1 Å². The van der Waals surface area contributed by atoms with Crippen LogP contribution in [-0.2, 0) is 6.42 Å². The van der Waals surface area contributed by atoms with Gasteiger partial charge in [-0.2, -0.15) is 0 Å². The van der Waals surface area contributed by atoms with Crippen molar-refractivity contribution in [2.24, 2.45) is 0 Å². The van der Waals surface area contributed by atoms with Crippen LogP contribution in [0, 0.1) is 6.92 Å². The van der Waals surface area contributed by atoms with Gasteiger partial charge in [0.25, 0.3) is 0 Å². The van der Waals surface area contributed by atoms with Crippen LogP contribution in [-0.4, -0.2) is 4.98 Å². The molecule has 1 aromatic heterocycles. The smallest absolute Gasteiger partial charge is 0.0801 e. The van der Waals surface area contributed by atoms with E-state index in [4.69, 9.17) is 0 Å². The van der Waals surface area contributed by atoms with Crippen molar-refractivity contribution in [1.29, 1.82) is 0 Å². The molecule has 2 rings (SSSR count). The topological polar surface area (TPSA) is 12.9 Å². The van der Waals surface area contributed by atoms with Crippen molar-refractivity contribution in [3.05, 3.63) is 41.0 Å². The molecule has 0 bridgehead atoms. The quantitative estimate of drug-likeness (QED) is 0.686. The van der Waals surface area contributed by atoms with Gasteiger partial charge in [0.15, 0.2) is 0 Å². The van der Waals surface area contributed by atoms with Crippen molar-refractivity contribution < 1.29 is 0 Å². The van der Waals surface area contributed by atoms with Gasteiger partial charge in [-0.3, -0.25) is 0 Å². The Hall–Kier alpha value is -1.15. The molecular weight excluding hydrogens is 226 g/mol. The Morgan fingerprint density at radius 3 is 2.47 bits per heavy atom. The number of hydrogen-bond donors (Lipinski definition) is 0. The van der Waals surface area contributed by atoms with Crippen LogP contribution in [0.15, 0.2) is 29.8 Å². The van der Waals surface area contributed by atoms with Gasteiger partial charge in [0, 0.05) is 0 Å². The Morgan fingerprint density at radius 1 is 1.12 bits per heavy atom. The van der Waals surface area contributed by atoms with Crippen LogP contribution >= 0.6 is 11.3 Å². The molecule has 0 amide bonds. The molecule has 0 aliphatic heterocycles. The Bertz CT molecular complexity index is 456. The van der Waals surface area contributed by atoms with Gasteiger partial charge in [-0.25, -0.2) is 4.98 Å². The van der Waals surface area contributed by atoms with E-state index in [9.17, 15) is 0 Å². The summed E-state index contributed by atoms with van der Waals surface area (Å²) in [6.45, 7) is 4.32. The second kappa shape index (κ2) is 5.97. The summed E-state index contributed by atoms with van der Waals surface area (Å²) in [5, 5.41) is 0. The maximum atomic E-state index is 4.29. The maximum absolute atomic E-state index is 4.29. The van der Waals surface area contributed by atoms with Gasteiger partial charge in [-0.15, -0.1) is 11.3 Å². The van der Waals surface area contributed by atoms with Gasteiger partial charge in [0.05, 0.1) is 16.1 Å². The molecule has 1 heterocycles. The molecule has 1 nitrogen and oxygen atoms in total. The van der Waals surface area contributed by atoms with Crippen LogP contribution in [0.4, 0.5) is 0 Å². The first kappa shape index (κ1) is 12.3. The molecule has 2 aromatic rings. The minimum absolute atomic E-state index is 1.13. The molecule has 0 unspecified atom stereocenters. The number of unbranched alkanes of at least 4 members (excludes halogenated alkanes) is 2. The summed E-state index contributed by atoms with van der Waals surface area (Å²) in [5.74, 6) is 0. The summed E-state index contributed by atoms with van der Waals surface area (Å²) in [5.41, 5.74) is 5.79. The number of aryl methyl sites for hydroxylation is 2. The summed E-state index contributed by atoms with van der Waals surface area (Å²) in [7, 11) is 0.